The number of hydrazone groups is 1. The Morgan fingerprint density at radius 2 is 2.20 bits per heavy atom. The number of nitrogens with zero attached hydrogens (tertiary/aromatic N) is 1. The molecule has 0 aliphatic heterocycles. The molecule has 2 rings (SSSR count). The molecule has 0 bridgehead atoms. The number of nitrogens with one attached hydrogen (secondary N) is 1. The average Bonchev–Trinajstić information content (AvgIpc) is 2.85. The van der Waals surface area contributed by atoms with Gasteiger partial charge in [-0.25, -0.2) is 5.43 Å². The summed E-state index contributed by atoms with van der Waals surface area (Å²) in [6.45, 7) is 2.52. The summed E-state index contributed by atoms with van der Waals surface area (Å²) >= 11 is 4.90. The van der Waals surface area contributed by atoms with Gasteiger partial charge in [0, 0.05) is 20.3 Å². The largest absolute Gasteiger partial charge is 0.494 e. The number of carbonyl (C=O) groups is 1. The van der Waals surface area contributed by atoms with Crippen LogP contribution in [-0.2, 0) is 0 Å². The Labute approximate surface area is 129 Å². The van der Waals surface area contributed by atoms with Crippen molar-refractivity contribution >= 4 is 39.4 Å². The first-order valence-corrected chi connectivity index (χ1v) is 7.66. The van der Waals surface area contributed by atoms with E-state index < -0.39 is 0 Å². The summed E-state index contributed by atoms with van der Waals surface area (Å²) in [5.74, 6) is 0.496. The summed E-state index contributed by atoms with van der Waals surface area (Å²) in [6, 6.07) is 8.86. The highest BCUT2D eigenvalue weighted by Gasteiger charge is 2.04. The zero-order valence-corrected chi connectivity index (χ0v) is 13.2. The third-order valence-corrected chi connectivity index (χ3v) is 4.00. The Morgan fingerprint density at radius 3 is 2.80 bits per heavy atom. The van der Waals surface area contributed by atoms with Crippen LogP contribution < -0.4 is 10.2 Å². The maximum Gasteiger partial charge on any atom is 0.271 e. The Bertz CT molecular complexity index is 608. The molecule has 0 aliphatic carbocycles. The second-order valence-electron chi connectivity index (χ2n) is 3.82. The van der Waals surface area contributed by atoms with Gasteiger partial charge in [-0.05, 0) is 53.2 Å². The van der Waals surface area contributed by atoms with E-state index in [0.29, 0.717) is 12.2 Å². The SMILES string of the molecule is CCOc1ccc(C(=O)N/N=C\c2cc(Br)cs2)cc1. The predicted octanol–water partition coefficient (Wildman–Crippen LogP) is 3.67. The van der Waals surface area contributed by atoms with Crippen LogP contribution in [0.3, 0.4) is 0 Å². The molecule has 0 fully saturated rings. The lowest BCUT2D eigenvalue weighted by Gasteiger charge is -2.03. The van der Waals surface area contributed by atoms with Crippen molar-refractivity contribution < 1.29 is 9.53 Å². The highest BCUT2D eigenvalue weighted by molar-refractivity contribution is 9.10. The molecule has 0 saturated carbocycles. The Hall–Kier alpha value is -1.66. The van der Waals surface area contributed by atoms with E-state index in [4.69, 9.17) is 4.74 Å². The number of hydrogen-bond acceptors (Lipinski definition) is 4. The van der Waals surface area contributed by atoms with Gasteiger partial charge in [-0.15, -0.1) is 11.3 Å². The van der Waals surface area contributed by atoms with Crippen molar-refractivity contribution in [2.45, 2.75) is 6.92 Å². The van der Waals surface area contributed by atoms with Crippen LogP contribution in [0.1, 0.15) is 22.2 Å². The minimum Gasteiger partial charge on any atom is -0.494 e. The summed E-state index contributed by atoms with van der Waals surface area (Å²) in [7, 11) is 0. The summed E-state index contributed by atoms with van der Waals surface area (Å²) < 4.78 is 6.32. The quantitative estimate of drug-likeness (QED) is 0.659. The minimum atomic E-state index is -0.250. The monoisotopic (exact) mass is 352 g/mol. The van der Waals surface area contributed by atoms with Gasteiger partial charge < -0.3 is 4.74 Å². The van der Waals surface area contributed by atoms with Crippen molar-refractivity contribution in [2.75, 3.05) is 6.61 Å². The fourth-order valence-corrected chi connectivity index (χ4v) is 2.79. The molecule has 0 radical (unpaired) electrons. The maximum atomic E-state index is 11.8. The molecule has 104 valence electrons. The lowest BCUT2D eigenvalue weighted by atomic mass is 10.2. The van der Waals surface area contributed by atoms with Crippen LogP contribution >= 0.6 is 27.3 Å². The average molecular weight is 353 g/mol. The van der Waals surface area contributed by atoms with E-state index in [1.807, 2.05) is 18.4 Å². The summed E-state index contributed by atoms with van der Waals surface area (Å²) in [4.78, 5) is 12.8. The van der Waals surface area contributed by atoms with Gasteiger partial charge in [0.05, 0.1) is 12.8 Å². The van der Waals surface area contributed by atoms with Crippen LogP contribution in [0.25, 0.3) is 0 Å². The molecular weight excluding hydrogens is 340 g/mol. The first kappa shape index (κ1) is 14.7. The van der Waals surface area contributed by atoms with Gasteiger partial charge in [0.25, 0.3) is 5.91 Å². The number of ether oxygens (including phenoxy) is 1. The first-order chi connectivity index (χ1) is 9.69. The zero-order valence-electron chi connectivity index (χ0n) is 10.8. The lowest BCUT2D eigenvalue weighted by molar-refractivity contribution is 0.0955. The summed E-state index contributed by atoms with van der Waals surface area (Å²) in [5, 5.41) is 5.88. The number of halogens is 1. The molecule has 1 amide bonds. The van der Waals surface area contributed by atoms with E-state index in [-0.39, 0.29) is 5.91 Å². The molecule has 0 saturated heterocycles. The van der Waals surface area contributed by atoms with E-state index in [9.17, 15) is 4.79 Å². The van der Waals surface area contributed by atoms with E-state index in [2.05, 4.69) is 26.5 Å². The molecule has 1 aromatic carbocycles. The maximum absolute atomic E-state index is 11.8. The number of hydrogen-bond donors (Lipinski definition) is 1. The van der Waals surface area contributed by atoms with Gasteiger partial charge in [-0.3, -0.25) is 4.79 Å². The summed E-state index contributed by atoms with van der Waals surface area (Å²) in [6.07, 6.45) is 1.61. The number of amides is 1. The van der Waals surface area contributed by atoms with E-state index in [0.717, 1.165) is 15.1 Å². The molecule has 20 heavy (non-hydrogen) atoms. The Kier molecular flexibility index (Phi) is 5.31. The van der Waals surface area contributed by atoms with Crippen molar-refractivity contribution in [3.8, 4) is 5.75 Å². The standard InChI is InChI=1S/C14H13BrN2O2S/c1-2-19-12-5-3-10(4-6-12)14(18)17-16-8-13-7-11(15)9-20-13/h3-9H,2H2,1H3,(H,17,18)/b16-8-. The van der Waals surface area contributed by atoms with Crippen LogP contribution in [0.5, 0.6) is 5.75 Å². The van der Waals surface area contributed by atoms with Gasteiger partial charge in [-0.2, -0.15) is 5.10 Å². The molecule has 4 nitrogen and oxygen atoms in total. The van der Waals surface area contributed by atoms with E-state index >= 15 is 0 Å². The van der Waals surface area contributed by atoms with Crippen molar-refractivity contribution in [3.63, 3.8) is 0 Å². The fourth-order valence-electron chi connectivity index (χ4n) is 1.48. The fraction of sp³-hybridized carbons (Fsp3) is 0.143. The molecule has 6 heteroatoms. The van der Waals surface area contributed by atoms with Crippen LogP contribution in [0.4, 0.5) is 0 Å². The predicted molar refractivity (Wildman–Crippen MR) is 84.7 cm³/mol. The van der Waals surface area contributed by atoms with E-state index in [1.165, 1.54) is 0 Å². The smallest absolute Gasteiger partial charge is 0.271 e. The third-order valence-electron chi connectivity index (χ3n) is 2.37. The van der Waals surface area contributed by atoms with Gasteiger partial charge in [0.1, 0.15) is 5.75 Å². The van der Waals surface area contributed by atoms with E-state index in [1.54, 1.807) is 41.8 Å². The molecule has 0 atom stereocenters. The molecule has 2 aromatic rings. The third kappa shape index (κ3) is 4.18. The highest BCUT2D eigenvalue weighted by Crippen LogP contribution is 2.17. The number of rotatable bonds is 5. The molecule has 1 aromatic heterocycles. The van der Waals surface area contributed by atoms with Crippen molar-refractivity contribution in [1.29, 1.82) is 0 Å². The topological polar surface area (TPSA) is 50.7 Å². The van der Waals surface area contributed by atoms with Gasteiger partial charge >= 0.3 is 0 Å². The van der Waals surface area contributed by atoms with Gasteiger partial charge in [0.2, 0.25) is 0 Å². The summed E-state index contributed by atoms with van der Waals surface area (Å²) in [5.41, 5.74) is 3.03. The highest BCUT2D eigenvalue weighted by atomic mass is 79.9. The number of benzene rings is 1. The van der Waals surface area contributed by atoms with Crippen molar-refractivity contribution in [1.82, 2.24) is 5.43 Å². The van der Waals surface area contributed by atoms with Crippen molar-refractivity contribution in [3.05, 3.63) is 50.6 Å². The van der Waals surface area contributed by atoms with Crippen LogP contribution in [0.2, 0.25) is 0 Å². The second-order valence-corrected chi connectivity index (χ2v) is 5.68. The molecule has 0 spiro atoms. The van der Waals surface area contributed by atoms with Gasteiger partial charge in [0.15, 0.2) is 0 Å². The number of thiophene rings is 1. The van der Waals surface area contributed by atoms with Gasteiger partial charge in [-0.1, -0.05) is 0 Å². The lowest BCUT2D eigenvalue weighted by Crippen LogP contribution is -2.17. The molecule has 0 unspecified atom stereocenters. The van der Waals surface area contributed by atoms with Crippen LogP contribution in [0, 0.1) is 0 Å². The Morgan fingerprint density at radius 1 is 1.45 bits per heavy atom. The van der Waals surface area contributed by atoms with Crippen LogP contribution in [0.15, 0.2) is 45.3 Å². The second kappa shape index (κ2) is 7.21. The Balaban J connectivity index is 1.92. The molecule has 1 heterocycles. The molecule has 0 aliphatic rings. The first-order valence-electron chi connectivity index (χ1n) is 5.99. The minimum absolute atomic E-state index is 0.250. The normalized spacial score (nSPS) is 10.7. The van der Waals surface area contributed by atoms with Crippen LogP contribution in [-0.4, -0.2) is 18.7 Å². The molecule has 1 N–H and O–H groups in total. The molecular formula is C14H13BrN2O2S. The number of carbonyl (C=O) groups excluding carboxylic acids is 1. The zero-order chi connectivity index (χ0) is 14.4. The van der Waals surface area contributed by atoms with Crippen molar-refractivity contribution in [2.24, 2.45) is 5.10 Å².